The van der Waals surface area contributed by atoms with Crippen LogP contribution in [0.3, 0.4) is 0 Å². The number of hydrogen-bond donors (Lipinski definition) is 1. The molecule has 0 amide bonds. The van der Waals surface area contributed by atoms with Gasteiger partial charge in [0, 0.05) is 5.56 Å². The molecule has 1 aromatic carbocycles. The molecule has 0 aliphatic heterocycles. The SMILES string of the molecule is C=C(O)c1ccc2c(c1)CCC(C(=O)OCCCCCC(C)C)C2. The fourth-order valence-electron chi connectivity index (χ4n) is 3.26. The number of esters is 1. The van der Waals surface area contributed by atoms with Crippen molar-refractivity contribution in [2.75, 3.05) is 6.61 Å². The van der Waals surface area contributed by atoms with E-state index >= 15 is 0 Å². The smallest absolute Gasteiger partial charge is 0.309 e. The van der Waals surface area contributed by atoms with Gasteiger partial charge in [-0.1, -0.05) is 51.8 Å². The van der Waals surface area contributed by atoms with E-state index in [1.165, 1.54) is 24.0 Å². The lowest BCUT2D eigenvalue weighted by Crippen LogP contribution is -2.25. The standard InChI is InChI=1S/C21H30O3/c1-15(2)7-5-4-6-12-24-21(23)20-11-10-18-13-17(16(3)22)8-9-19(18)14-20/h8-9,13,15,20,22H,3-7,10-12,14H2,1-2H3. The maximum atomic E-state index is 12.2. The van der Waals surface area contributed by atoms with E-state index in [2.05, 4.69) is 20.4 Å². The fraction of sp³-hybridized carbons (Fsp3) is 0.571. The Kier molecular flexibility index (Phi) is 6.89. The first-order valence-corrected chi connectivity index (χ1v) is 9.14. The zero-order valence-electron chi connectivity index (χ0n) is 15.0. The van der Waals surface area contributed by atoms with Gasteiger partial charge < -0.3 is 9.84 Å². The topological polar surface area (TPSA) is 46.5 Å². The summed E-state index contributed by atoms with van der Waals surface area (Å²) in [5, 5.41) is 9.49. The van der Waals surface area contributed by atoms with Crippen LogP contribution >= 0.6 is 0 Å². The Hall–Kier alpha value is -1.77. The number of carbonyl (C=O) groups is 1. The van der Waals surface area contributed by atoms with E-state index < -0.39 is 0 Å². The van der Waals surface area contributed by atoms with E-state index in [0.717, 1.165) is 43.6 Å². The molecule has 0 bridgehead atoms. The molecule has 3 heteroatoms. The van der Waals surface area contributed by atoms with E-state index in [4.69, 9.17) is 4.74 Å². The van der Waals surface area contributed by atoms with Gasteiger partial charge in [0.1, 0.15) is 5.76 Å². The highest BCUT2D eigenvalue weighted by molar-refractivity contribution is 5.73. The molecule has 1 aromatic rings. The van der Waals surface area contributed by atoms with Crippen molar-refractivity contribution in [2.45, 2.75) is 58.8 Å². The quantitative estimate of drug-likeness (QED) is 0.411. The van der Waals surface area contributed by atoms with Gasteiger partial charge in [-0.05, 0) is 48.8 Å². The normalized spacial score (nSPS) is 16.7. The number of hydrogen-bond acceptors (Lipinski definition) is 3. The van der Waals surface area contributed by atoms with Crippen LogP contribution in [0.2, 0.25) is 0 Å². The molecule has 1 aliphatic carbocycles. The maximum Gasteiger partial charge on any atom is 0.309 e. The summed E-state index contributed by atoms with van der Waals surface area (Å²) in [7, 11) is 0. The van der Waals surface area contributed by atoms with Crippen molar-refractivity contribution >= 4 is 11.7 Å². The first kappa shape index (κ1) is 18.6. The Morgan fingerprint density at radius 1 is 1.29 bits per heavy atom. The molecule has 1 aliphatic rings. The van der Waals surface area contributed by atoms with Crippen LogP contribution in [0, 0.1) is 11.8 Å². The Labute approximate surface area is 145 Å². The molecule has 0 spiro atoms. The monoisotopic (exact) mass is 330 g/mol. The third-order valence-electron chi connectivity index (χ3n) is 4.77. The second-order valence-electron chi connectivity index (χ2n) is 7.28. The van der Waals surface area contributed by atoms with Crippen molar-refractivity contribution in [1.29, 1.82) is 0 Å². The van der Waals surface area contributed by atoms with E-state index in [-0.39, 0.29) is 17.6 Å². The highest BCUT2D eigenvalue weighted by Gasteiger charge is 2.26. The second kappa shape index (κ2) is 8.91. The lowest BCUT2D eigenvalue weighted by Gasteiger charge is -2.23. The summed E-state index contributed by atoms with van der Waals surface area (Å²) in [5.74, 6) is 0.756. The van der Waals surface area contributed by atoms with Crippen molar-refractivity contribution < 1.29 is 14.6 Å². The molecule has 2 rings (SSSR count). The van der Waals surface area contributed by atoms with Crippen molar-refractivity contribution in [1.82, 2.24) is 0 Å². The van der Waals surface area contributed by atoms with Crippen molar-refractivity contribution in [2.24, 2.45) is 11.8 Å². The Bertz CT molecular complexity index is 574. The van der Waals surface area contributed by atoms with Gasteiger partial charge in [-0.3, -0.25) is 4.79 Å². The molecule has 1 unspecified atom stereocenters. The molecule has 3 nitrogen and oxygen atoms in total. The third-order valence-corrected chi connectivity index (χ3v) is 4.77. The van der Waals surface area contributed by atoms with Crippen LogP contribution < -0.4 is 0 Å². The van der Waals surface area contributed by atoms with Gasteiger partial charge >= 0.3 is 5.97 Å². The predicted octanol–water partition coefficient (Wildman–Crippen LogP) is 5.08. The van der Waals surface area contributed by atoms with Crippen molar-refractivity contribution in [3.05, 3.63) is 41.5 Å². The van der Waals surface area contributed by atoms with E-state index in [1.807, 2.05) is 18.2 Å². The van der Waals surface area contributed by atoms with Crippen LogP contribution in [0.5, 0.6) is 0 Å². The summed E-state index contributed by atoms with van der Waals surface area (Å²) in [6, 6.07) is 5.84. The average molecular weight is 330 g/mol. The van der Waals surface area contributed by atoms with Gasteiger partial charge in [0.05, 0.1) is 12.5 Å². The zero-order chi connectivity index (χ0) is 17.5. The second-order valence-corrected chi connectivity index (χ2v) is 7.28. The Balaban J connectivity index is 1.76. The zero-order valence-corrected chi connectivity index (χ0v) is 15.0. The van der Waals surface area contributed by atoms with Crippen LogP contribution in [0.4, 0.5) is 0 Å². The molecule has 0 aromatic heterocycles. The van der Waals surface area contributed by atoms with Gasteiger partial charge in [-0.25, -0.2) is 0 Å². The number of rotatable bonds is 8. The lowest BCUT2D eigenvalue weighted by molar-refractivity contribution is -0.149. The largest absolute Gasteiger partial charge is 0.508 e. The molecule has 0 saturated carbocycles. The van der Waals surface area contributed by atoms with Gasteiger partial charge in [-0.2, -0.15) is 0 Å². The molecule has 0 radical (unpaired) electrons. The van der Waals surface area contributed by atoms with E-state index in [1.54, 1.807) is 0 Å². The number of ether oxygens (including phenoxy) is 1. The number of fused-ring (bicyclic) bond motifs is 1. The van der Waals surface area contributed by atoms with Gasteiger partial charge in [0.2, 0.25) is 0 Å². The van der Waals surface area contributed by atoms with Gasteiger partial charge in [0.15, 0.2) is 0 Å². The van der Waals surface area contributed by atoms with Crippen LogP contribution in [0.1, 0.15) is 62.6 Å². The predicted molar refractivity (Wildman–Crippen MR) is 97.9 cm³/mol. The molecular formula is C21H30O3. The average Bonchev–Trinajstić information content (AvgIpc) is 2.56. The van der Waals surface area contributed by atoms with Gasteiger partial charge in [-0.15, -0.1) is 0 Å². The molecule has 1 atom stereocenters. The maximum absolute atomic E-state index is 12.2. The molecule has 132 valence electrons. The summed E-state index contributed by atoms with van der Waals surface area (Å²) in [4.78, 5) is 12.2. The molecule has 1 N–H and O–H groups in total. The minimum Gasteiger partial charge on any atom is -0.508 e. The Morgan fingerprint density at radius 2 is 2.08 bits per heavy atom. The summed E-state index contributed by atoms with van der Waals surface area (Å²) < 4.78 is 5.47. The first-order chi connectivity index (χ1) is 11.5. The number of carbonyl (C=O) groups excluding carboxylic acids is 1. The third kappa shape index (κ3) is 5.40. The van der Waals surface area contributed by atoms with Crippen LogP contribution in [-0.4, -0.2) is 17.7 Å². The van der Waals surface area contributed by atoms with Crippen molar-refractivity contribution in [3.8, 4) is 0 Å². The number of benzene rings is 1. The Morgan fingerprint density at radius 3 is 2.79 bits per heavy atom. The van der Waals surface area contributed by atoms with Crippen LogP contribution in [0.25, 0.3) is 5.76 Å². The summed E-state index contributed by atoms with van der Waals surface area (Å²) in [6.45, 7) is 8.58. The highest BCUT2D eigenvalue weighted by atomic mass is 16.5. The van der Waals surface area contributed by atoms with E-state index in [0.29, 0.717) is 6.61 Å². The summed E-state index contributed by atoms with van der Waals surface area (Å²) in [6.07, 6.45) is 6.96. The van der Waals surface area contributed by atoms with Gasteiger partial charge in [0.25, 0.3) is 0 Å². The molecule has 0 fully saturated rings. The summed E-state index contributed by atoms with van der Waals surface area (Å²) >= 11 is 0. The molecule has 24 heavy (non-hydrogen) atoms. The number of aliphatic hydroxyl groups is 1. The molecular weight excluding hydrogens is 300 g/mol. The summed E-state index contributed by atoms with van der Waals surface area (Å²) in [5.41, 5.74) is 3.15. The fourth-order valence-corrected chi connectivity index (χ4v) is 3.26. The minimum absolute atomic E-state index is 0.0312. The van der Waals surface area contributed by atoms with Crippen LogP contribution in [-0.2, 0) is 22.4 Å². The van der Waals surface area contributed by atoms with Crippen molar-refractivity contribution in [3.63, 3.8) is 0 Å². The lowest BCUT2D eigenvalue weighted by atomic mass is 9.83. The number of aliphatic hydroxyl groups excluding tert-OH is 1. The number of aryl methyl sites for hydroxylation is 1. The number of unbranched alkanes of at least 4 members (excludes halogenated alkanes) is 2. The van der Waals surface area contributed by atoms with E-state index in [9.17, 15) is 9.90 Å². The van der Waals surface area contributed by atoms with Crippen LogP contribution in [0.15, 0.2) is 24.8 Å². The molecule has 0 saturated heterocycles. The minimum atomic E-state index is -0.0554. The highest BCUT2D eigenvalue weighted by Crippen LogP contribution is 2.28. The molecule has 0 heterocycles. The first-order valence-electron chi connectivity index (χ1n) is 9.14.